The molecule has 2 aromatic rings. The summed E-state index contributed by atoms with van der Waals surface area (Å²) in [6.45, 7) is 10.1. The van der Waals surface area contributed by atoms with E-state index in [1.807, 2.05) is 46.8 Å². The number of hydrogen-bond donors (Lipinski definition) is 1. The predicted octanol–water partition coefficient (Wildman–Crippen LogP) is 4.88. The standard InChI is InChI=1S/C17H21ClN2O/c1-10-8-12-6-7-13(18)19-16(12)11(2)15(10)20-14(21)9-17(3,4)5/h6-8H,9H2,1-5H3,(H,20,21). The average Bonchev–Trinajstić information content (AvgIpc) is 2.33. The van der Waals surface area contributed by atoms with Gasteiger partial charge in [-0.1, -0.05) is 32.4 Å². The lowest BCUT2D eigenvalue weighted by molar-refractivity contribution is -0.117. The molecule has 4 heteroatoms. The molecule has 1 heterocycles. The zero-order valence-electron chi connectivity index (χ0n) is 13.2. The fourth-order valence-corrected chi connectivity index (χ4v) is 2.59. The van der Waals surface area contributed by atoms with Gasteiger partial charge in [-0.15, -0.1) is 0 Å². The molecule has 1 aromatic carbocycles. The third kappa shape index (κ3) is 3.73. The van der Waals surface area contributed by atoms with Crippen LogP contribution in [0.4, 0.5) is 5.69 Å². The van der Waals surface area contributed by atoms with Crippen molar-refractivity contribution in [2.75, 3.05) is 5.32 Å². The number of aromatic nitrogens is 1. The number of rotatable bonds is 2. The van der Waals surface area contributed by atoms with Crippen molar-refractivity contribution in [1.29, 1.82) is 0 Å². The molecule has 0 saturated carbocycles. The number of aryl methyl sites for hydroxylation is 2. The van der Waals surface area contributed by atoms with Gasteiger partial charge in [0, 0.05) is 17.5 Å². The number of pyridine rings is 1. The third-order valence-electron chi connectivity index (χ3n) is 3.34. The van der Waals surface area contributed by atoms with Crippen LogP contribution in [-0.4, -0.2) is 10.9 Å². The van der Waals surface area contributed by atoms with E-state index in [1.165, 1.54) is 0 Å². The molecule has 2 rings (SSSR count). The molecule has 1 N–H and O–H groups in total. The molecule has 1 amide bonds. The Morgan fingerprint density at radius 3 is 2.57 bits per heavy atom. The van der Waals surface area contributed by atoms with Crippen LogP contribution in [-0.2, 0) is 4.79 Å². The van der Waals surface area contributed by atoms with Gasteiger partial charge < -0.3 is 5.32 Å². The molecule has 0 fully saturated rings. The number of anilines is 1. The van der Waals surface area contributed by atoms with Gasteiger partial charge in [0.05, 0.1) is 5.52 Å². The first-order chi connectivity index (χ1) is 9.67. The molecule has 0 unspecified atom stereocenters. The number of carbonyl (C=O) groups excluding carboxylic acids is 1. The maximum absolute atomic E-state index is 12.2. The second kappa shape index (κ2) is 5.64. The van der Waals surface area contributed by atoms with Gasteiger partial charge in [-0.3, -0.25) is 4.79 Å². The molecule has 0 saturated heterocycles. The van der Waals surface area contributed by atoms with E-state index in [1.54, 1.807) is 6.07 Å². The number of amides is 1. The Balaban J connectivity index is 2.42. The molecule has 21 heavy (non-hydrogen) atoms. The summed E-state index contributed by atoms with van der Waals surface area (Å²) < 4.78 is 0. The first-order valence-corrected chi connectivity index (χ1v) is 7.41. The number of benzene rings is 1. The number of carbonyl (C=O) groups is 1. The number of fused-ring (bicyclic) bond motifs is 1. The number of nitrogens with one attached hydrogen (secondary N) is 1. The molecule has 3 nitrogen and oxygen atoms in total. The fraction of sp³-hybridized carbons (Fsp3) is 0.412. The minimum absolute atomic E-state index is 0.0232. The summed E-state index contributed by atoms with van der Waals surface area (Å²) in [6, 6.07) is 5.75. The fourth-order valence-electron chi connectivity index (χ4n) is 2.44. The highest BCUT2D eigenvalue weighted by Crippen LogP contribution is 2.30. The maximum atomic E-state index is 12.2. The molecular formula is C17H21ClN2O. The van der Waals surface area contributed by atoms with E-state index in [0.29, 0.717) is 11.6 Å². The van der Waals surface area contributed by atoms with Gasteiger partial charge in [0.25, 0.3) is 0 Å². The summed E-state index contributed by atoms with van der Waals surface area (Å²) in [5, 5.41) is 4.52. The van der Waals surface area contributed by atoms with Crippen molar-refractivity contribution >= 4 is 34.1 Å². The average molecular weight is 305 g/mol. The zero-order valence-corrected chi connectivity index (χ0v) is 13.9. The van der Waals surface area contributed by atoms with Gasteiger partial charge in [-0.25, -0.2) is 4.98 Å². The van der Waals surface area contributed by atoms with E-state index >= 15 is 0 Å². The molecule has 0 spiro atoms. The van der Waals surface area contributed by atoms with Gasteiger partial charge in [-0.2, -0.15) is 0 Å². The van der Waals surface area contributed by atoms with Crippen molar-refractivity contribution in [2.24, 2.45) is 5.41 Å². The van der Waals surface area contributed by atoms with Crippen molar-refractivity contribution in [3.05, 3.63) is 34.5 Å². The second-order valence-electron chi connectivity index (χ2n) is 6.68. The normalized spacial score (nSPS) is 11.7. The highest BCUT2D eigenvalue weighted by molar-refractivity contribution is 6.29. The van der Waals surface area contributed by atoms with E-state index in [9.17, 15) is 4.79 Å². The van der Waals surface area contributed by atoms with Crippen LogP contribution in [0.15, 0.2) is 18.2 Å². The minimum Gasteiger partial charge on any atom is -0.326 e. The molecule has 1 aromatic heterocycles. The van der Waals surface area contributed by atoms with Crippen molar-refractivity contribution in [2.45, 2.75) is 41.0 Å². The summed E-state index contributed by atoms with van der Waals surface area (Å²) >= 11 is 5.98. The Hall–Kier alpha value is -1.61. The van der Waals surface area contributed by atoms with Gasteiger partial charge >= 0.3 is 0 Å². The van der Waals surface area contributed by atoms with Crippen molar-refractivity contribution in [1.82, 2.24) is 4.98 Å². The van der Waals surface area contributed by atoms with Crippen molar-refractivity contribution in [3.63, 3.8) is 0 Å². The van der Waals surface area contributed by atoms with Crippen LogP contribution in [0.5, 0.6) is 0 Å². The maximum Gasteiger partial charge on any atom is 0.224 e. The Bertz CT molecular complexity index is 702. The number of hydrogen-bond acceptors (Lipinski definition) is 2. The van der Waals surface area contributed by atoms with Crippen LogP contribution in [0.2, 0.25) is 5.15 Å². The van der Waals surface area contributed by atoms with E-state index in [4.69, 9.17) is 11.6 Å². The predicted molar refractivity (Wildman–Crippen MR) is 88.9 cm³/mol. The SMILES string of the molecule is Cc1cc2ccc(Cl)nc2c(C)c1NC(=O)CC(C)(C)C. The molecule has 0 aliphatic heterocycles. The summed E-state index contributed by atoms with van der Waals surface area (Å²) in [4.78, 5) is 16.6. The van der Waals surface area contributed by atoms with Gasteiger partial charge in [0.1, 0.15) is 5.15 Å². The lowest BCUT2D eigenvalue weighted by Gasteiger charge is -2.19. The molecule has 0 aliphatic carbocycles. The molecule has 0 bridgehead atoms. The van der Waals surface area contributed by atoms with Crippen LogP contribution in [0.25, 0.3) is 10.9 Å². The van der Waals surface area contributed by atoms with Crippen LogP contribution >= 0.6 is 11.6 Å². The first kappa shape index (κ1) is 15.8. The minimum atomic E-state index is -0.0374. The summed E-state index contributed by atoms with van der Waals surface area (Å²) in [5.41, 5.74) is 3.62. The highest BCUT2D eigenvalue weighted by Gasteiger charge is 2.18. The van der Waals surface area contributed by atoms with E-state index in [-0.39, 0.29) is 11.3 Å². The van der Waals surface area contributed by atoms with Gasteiger partial charge in [0.2, 0.25) is 5.91 Å². The van der Waals surface area contributed by atoms with Crippen molar-refractivity contribution < 1.29 is 4.79 Å². The van der Waals surface area contributed by atoms with Crippen LogP contribution in [0.1, 0.15) is 38.3 Å². The topological polar surface area (TPSA) is 42.0 Å². The summed E-state index contributed by atoms with van der Waals surface area (Å²) in [5.74, 6) is 0.0232. The summed E-state index contributed by atoms with van der Waals surface area (Å²) in [7, 11) is 0. The summed E-state index contributed by atoms with van der Waals surface area (Å²) in [6.07, 6.45) is 0.479. The Morgan fingerprint density at radius 2 is 1.95 bits per heavy atom. The third-order valence-corrected chi connectivity index (χ3v) is 3.55. The van der Waals surface area contributed by atoms with E-state index < -0.39 is 0 Å². The number of halogens is 1. The zero-order chi connectivity index (χ0) is 15.8. The Morgan fingerprint density at radius 1 is 1.29 bits per heavy atom. The Labute approximate surface area is 130 Å². The second-order valence-corrected chi connectivity index (χ2v) is 7.07. The first-order valence-electron chi connectivity index (χ1n) is 7.04. The van der Waals surface area contributed by atoms with Crippen LogP contribution in [0.3, 0.4) is 0 Å². The molecular weight excluding hydrogens is 284 g/mol. The highest BCUT2D eigenvalue weighted by atomic mass is 35.5. The smallest absolute Gasteiger partial charge is 0.224 e. The van der Waals surface area contributed by atoms with Crippen molar-refractivity contribution in [3.8, 4) is 0 Å². The molecule has 0 aliphatic rings. The largest absolute Gasteiger partial charge is 0.326 e. The lowest BCUT2D eigenvalue weighted by atomic mass is 9.92. The van der Waals surface area contributed by atoms with E-state index in [2.05, 4.69) is 10.3 Å². The van der Waals surface area contributed by atoms with Crippen LogP contribution < -0.4 is 5.32 Å². The van der Waals surface area contributed by atoms with Gasteiger partial charge in [0.15, 0.2) is 0 Å². The number of nitrogens with zero attached hydrogens (tertiary/aromatic N) is 1. The van der Waals surface area contributed by atoms with Crippen LogP contribution in [0, 0.1) is 19.3 Å². The Kier molecular flexibility index (Phi) is 4.24. The van der Waals surface area contributed by atoms with E-state index in [0.717, 1.165) is 27.7 Å². The molecule has 0 radical (unpaired) electrons. The molecule has 0 atom stereocenters. The lowest BCUT2D eigenvalue weighted by Crippen LogP contribution is -2.20. The van der Waals surface area contributed by atoms with Gasteiger partial charge in [-0.05, 0) is 48.6 Å². The monoisotopic (exact) mass is 304 g/mol. The molecule has 112 valence electrons. The quantitative estimate of drug-likeness (QED) is 0.803.